The first-order chi connectivity index (χ1) is 4.00. The summed E-state index contributed by atoms with van der Waals surface area (Å²) in [6, 6.07) is 0. The normalized spacial score (nSPS) is 36.0. The van der Waals surface area contributed by atoms with Gasteiger partial charge in [0.2, 0.25) is 0 Å². The number of hydrogen-bond acceptors (Lipinski definition) is 0. The Balaban J connectivity index is 2.32. The van der Waals surface area contributed by atoms with Crippen molar-refractivity contribution in [2.24, 2.45) is 11.3 Å². The van der Waals surface area contributed by atoms with Crippen molar-refractivity contribution in [2.75, 3.05) is 0 Å². The fourth-order valence-electron chi connectivity index (χ4n) is 1.26. The van der Waals surface area contributed by atoms with Crippen LogP contribution in [-0.4, -0.2) is 6.17 Å². The maximum atomic E-state index is 12.3. The lowest BCUT2D eigenvalue weighted by Gasteiger charge is -2.39. The van der Waals surface area contributed by atoms with Gasteiger partial charge in [-0.15, -0.1) is 0 Å². The van der Waals surface area contributed by atoms with Crippen LogP contribution in [0.2, 0.25) is 0 Å². The minimum atomic E-state index is -0.491. The summed E-state index contributed by atoms with van der Waals surface area (Å²) in [6.07, 6.45) is 1.10. The lowest BCUT2D eigenvalue weighted by molar-refractivity contribution is 0.0478. The molecule has 0 unspecified atom stereocenters. The van der Waals surface area contributed by atoms with Crippen LogP contribution >= 0.6 is 0 Å². The van der Waals surface area contributed by atoms with E-state index in [4.69, 9.17) is 0 Å². The molecule has 0 heterocycles. The van der Waals surface area contributed by atoms with Crippen LogP contribution in [0.1, 0.15) is 33.6 Å². The molecule has 54 valence electrons. The van der Waals surface area contributed by atoms with Crippen LogP contribution in [0, 0.1) is 11.3 Å². The third kappa shape index (κ3) is 1.44. The molecule has 0 aromatic carbocycles. The summed E-state index contributed by atoms with van der Waals surface area (Å²) in [4.78, 5) is 0. The number of hydrogen-bond donors (Lipinski definition) is 0. The Bertz CT molecular complexity index is 95.6. The highest BCUT2D eigenvalue weighted by atomic mass is 19.1. The number of alkyl halides is 1. The van der Waals surface area contributed by atoms with E-state index in [1.54, 1.807) is 0 Å². The molecular weight excluding hydrogens is 115 g/mol. The quantitative estimate of drug-likeness (QED) is 0.473. The van der Waals surface area contributed by atoms with Gasteiger partial charge in [0.1, 0.15) is 6.17 Å². The zero-order chi connectivity index (χ0) is 7.07. The third-order valence-electron chi connectivity index (χ3n) is 2.31. The van der Waals surface area contributed by atoms with E-state index in [2.05, 4.69) is 20.8 Å². The molecule has 0 bridgehead atoms. The van der Waals surface area contributed by atoms with Crippen LogP contribution in [0.5, 0.6) is 0 Å². The van der Waals surface area contributed by atoms with Gasteiger partial charge in [-0.3, -0.25) is 0 Å². The molecule has 1 aliphatic rings. The lowest BCUT2D eigenvalue weighted by Crippen LogP contribution is -2.34. The van der Waals surface area contributed by atoms with Gasteiger partial charge in [0.05, 0.1) is 0 Å². The molecule has 1 heteroatoms. The van der Waals surface area contributed by atoms with Gasteiger partial charge in [0.15, 0.2) is 0 Å². The van der Waals surface area contributed by atoms with Crippen molar-refractivity contribution in [3.05, 3.63) is 0 Å². The summed E-state index contributed by atoms with van der Waals surface area (Å²) in [5.41, 5.74) is 0.336. The van der Waals surface area contributed by atoms with Gasteiger partial charge in [-0.1, -0.05) is 20.8 Å². The summed E-state index contributed by atoms with van der Waals surface area (Å²) in [7, 11) is 0. The Morgan fingerprint density at radius 3 is 1.78 bits per heavy atom. The molecule has 0 spiro atoms. The SMILES string of the molecule is CC(C)(C)[C@H]1C[C@@H](F)C1. The molecule has 1 saturated carbocycles. The Morgan fingerprint density at radius 2 is 1.67 bits per heavy atom. The molecule has 9 heavy (non-hydrogen) atoms. The van der Waals surface area contributed by atoms with Gasteiger partial charge in [-0.05, 0) is 24.2 Å². The highest BCUT2D eigenvalue weighted by molar-refractivity contribution is 4.86. The molecule has 0 N–H and O–H groups in total. The van der Waals surface area contributed by atoms with E-state index in [1.807, 2.05) is 0 Å². The van der Waals surface area contributed by atoms with Gasteiger partial charge in [0.25, 0.3) is 0 Å². The zero-order valence-corrected chi connectivity index (χ0v) is 6.45. The molecule has 1 rings (SSSR count). The predicted octanol–water partition coefficient (Wildman–Crippen LogP) is 2.78. The molecular formula is C8H15F. The van der Waals surface area contributed by atoms with Crippen molar-refractivity contribution in [1.29, 1.82) is 0 Å². The van der Waals surface area contributed by atoms with Gasteiger partial charge >= 0.3 is 0 Å². The largest absolute Gasteiger partial charge is 0.247 e. The first-order valence-electron chi connectivity index (χ1n) is 3.64. The van der Waals surface area contributed by atoms with Crippen molar-refractivity contribution in [2.45, 2.75) is 39.8 Å². The third-order valence-corrected chi connectivity index (χ3v) is 2.31. The minimum Gasteiger partial charge on any atom is -0.247 e. The van der Waals surface area contributed by atoms with E-state index >= 15 is 0 Å². The van der Waals surface area contributed by atoms with Crippen molar-refractivity contribution in [3.63, 3.8) is 0 Å². The topological polar surface area (TPSA) is 0 Å². The second-order valence-corrected chi connectivity index (χ2v) is 4.13. The van der Waals surface area contributed by atoms with Gasteiger partial charge in [-0.25, -0.2) is 4.39 Å². The molecule has 1 fully saturated rings. The highest BCUT2D eigenvalue weighted by Crippen LogP contribution is 2.42. The Morgan fingerprint density at radius 1 is 1.22 bits per heavy atom. The Kier molecular flexibility index (Phi) is 1.54. The molecule has 0 saturated heterocycles. The first-order valence-corrected chi connectivity index (χ1v) is 3.64. The Labute approximate surface area is 56.5 Å². The van der Waals surface area contributed by atoms with E-state index < -0.39 is 6.17 Å². The number of halogens is 1. The van der Waals surface area contributed by atoms with Gasteiger partial charge < -0.3 is 0 Å². The fourth-order valence-corrected chi connectivity index (χ4v) is 1.26. The average Bonchev–Trinajstić information content (AvgIpc) is 1.55. The average molecular weight is 130 g/mol. The van der Waals surface area contributed by atoms with Crippen LogP contribution in [0.15, 0.2) is 0 Å². The zero-order valence-electron chi connectivity index (χ0n) is 6.45. The van der Waals surface area contributed by atoms with Gasteiger partial charge in [-0.2, -0.15) is 0 Å². The molecule has 0 aliphatic heterocycles. The molecule has 0 radical (unpaired) electrons. The molecule has 0 nitrogen and oxygen atoms in total. The maximum Gasteiger partial charge on any atom is 0.101 e. The standard InChI is InChI=1S/C8H15F/c1-8(2,3)6-4-7(9)5-6/h6-7H,4-5H2,1-3H3/t6-,7+. The van der Waals surface area contributed by atoms with Crippen molar-refractivity contribution < 1.29 is 4.39 Å². The monoisotopic (exact) mass is 130 g/mol. The van der Waals surface area contributed by atoms with Gasteiger partial charge in [0, 0.05) is 0 Å². The van der Waals surface area contributed by atoms with E-state index in [0.717, 1.165) is 12.8 Å². The maximum absolute atomic E-state index is 12.3. The van der Waals surface area contributed by atoms with Crippen molar-refractivity contribution >= 4 is 0 Å². The summed E-state index contributed by atoms with van der Waals surface area (Å²) < 4.78 is 12.3. The van der Waals surface area contributed by atoms with E-state index in [9.17, 15) is 4.39 Å². The molecule has 0 aromatic heterocycles. The van der Waals surface area contributed by atoms with Crippen LogP contribution < -0.4 is 0 Å². The van der Waals surface area contributed by atoms with Crippen molar-refractivity contribution in [1.82, 2.24) is 0 Å². The van der Waals surface area contributed by atoms with Crippen LogP contribution in [0.3, 0.4) is 0 Å². The Hall–Kier alpha value is -0.0700. The van der Waals surface area contributed by atoms with Crippen LogP contribution in [0.25, 0.3) is 0 Å². The smallest absolute Gasteiger partial charge is 0.101 e. The predicted molar refractivity (Wildman–Crippen MR) is 37.1 cm³/mol. The lowest BCUT2D eigenvalue weighted by atomic mass is 9.68. The van der Waals surface area contributed by atoms with E-state index in [0.29, 0.717) is 11.3 Å². The summed E-state index contributed by atoms with van der Waals surface area (Å²) >= 11 is 0. The fraction of sp³-hybridized carbons (Fsp3) is 1.00. The second kappa shape index (κ2) is 1.96. The summed E-state index contributed by atoms with van der Waals surface area (Å²) in [5.74, 6) is 0.632. The van der Waals surface area contributed by atoms with Crippen LogP contribution in [0.4, 0.5) is 4.39 Å². The molecule has 0 atom stereocenters. The highest BCUT2D eigenvalue weighted by Gasteiger charge is 2.36. The minimum absolute atomic E-state index is 0.336. The summed E-state index contributed by atoms with van der Waals surface area (Å²) in [6.45, 7) is 6.55. The first kappa shape index (κ1) is 7.04. The number of rotatable bonds is 0. The van der Waals surface area contributed by atoms with Crippen molar-refractivity contribution in [3.8, 4) is 0 Å². The van der Waals surface area contributed by atoms with E-state index in [1.165, 1.54) is 0 Å². The molecule has 0 aromatic rings. The van der Waals surface area contributed by atoms with E-state index in [-0.39, 0.29) is 0 Å². The summed E-state index contributed by atoms with van der Waals surface area (Å²) in [5, 5.41) is 0. The second-order valence-electron chi connectivity index (χ2n) is 4.13. The molecule has 0 amide bonds. The van der Waals surface area contributed by atoms with Crippen LogP contribution in [-0.2, 0) is 0 Å². The molecule has 1 aliphatic carbocycles.